The fraction of sp³-hybridized carbons (Fsp3) is 0.800. The third kappa shape index (κ3) is 3.28. The Morgan fingerprint density at radius 2 is 1.00 bits per heavy atom. The maximum Gasteiger partial charge on any atom is 0.460 e. The predicted octanol–water partition coefficient (Wildman–Crippen LogP) is 4.93. The van der Waals surface area contributed by atoms with Gasteiger partial charge < -0.3 is 4.74 Å². The molecule has 0 aliphatic carbocycles. The van der Waals surface area contributed by atoms with E-state index in [2.05, 4.69) is 4.74 Å². The van der Waals surface area contributed by atoms with Gasteiger partial charge in [-0.15, -0.1) is 0 Å². The summed E-state index contributed by atoms with van der Waals surface area (Å²) in [5.74, 6) is -36.8. The second-order valence-electron chi connectivity index (χ2n) is 4.28. The van der Waals surface area contributed by atoms with Gasteiger partial charge in [-0.1, -0.05) is 6.08 Å². The van der Waals surface area contributed by atoms with Crippen LogP contribution in [0.1, 0.15) is 0 Å². The molecule has 0 unspecified atom stereocenters. The lowest BCUT2D eigenvalue weighted by Gasteiger charge is -2.39. The van der Waals surface area contributed by atoms with E-state index in [1.54, 1.807) is 0 Å². The van der Waals surface area contributed by atoms with E-state index in [0.717, 1.165) is 7.11 Å². The van der Waals surface area contributed by atoms with Crippen molar-refractivity contribution in [3.05, 3.63) is 12.2 Å². The van der Waals surface area contributed by atoms with E-state index in [1.807, 2.05) is 0 Å². The second-order valence-corrected chi connectivity index (χ2v) is 4.28. The van der Waals surface area contributed by atoms with Gasteiger partial charge in [-0.2, -0.15) is 57.1 Å². The summed E-state index contributed by atoms with van der Waals surface area (Å²) >= 11 is 0. The van der Waals surface area contributed by atoms with Crippen LogP contribution >= 0.6 is 0 Å². The van der Waals surface area contributed by atoms with Crippen LogP contribution < -0.4 is 0 Å². The van der Waals surface area contributed by atoms with E-state index in [4.69, 9.17) is 0 Å². The van der Waals surface area contributed by atoms with Crippen molar-refractivity contribution in [2.45, 2.75) is 35.8 Å². The molecule has 0 aromatic rings. The zero-order valence-corrected chi connectivity index (χ0v) is 11.2. The van der Waals surface area contributed by atoms with Gasteiger partial charge in [0.25, 0.3) is 0 Å². The maximum atomic E-state index is 13.0. The topological polar surface area (TPSA) is 9.23 Å². The van der Waals surface area contributed by atoms with Crippen molar-refractivity contribution in [2.24, 2.45) is 0 Å². The Labute approximate surface area is 125 Å². The highest BCUT2D eigenvalue weighted by atomic mass is 19.4. The van der Waals surface area contributed by atoms with Crippen LogP contribution in [-0.2, 0) is 4.74 Å². The van der Waals surface area contributed by atoms with E-state index < -0.39 is 48.5 Å². The van der Waals surface area contributed by atoms with E-state index in [1.165, 1.54) is 0 Å². The van der Waals surface area contributed by atoms with E-state index >= 15 is 0 Å². The number of allylic oxidation sites excluding steroid dienone is 1. The third-order valence-electron chi connectivity index (χ3n) is 2.55. The number of alkyl halides is 13. The van der Waals surface area contributed by atoms with Gasteiger partial charge in [0.1, 0.15) is 0 Å². The highest BCUT2D eigenvalue weighted by molar-refractivity contribution is 5.15. The first-order valence-electron chi connectivity index (χ1n) is 5.43. The maximum absolute atomic E-state index is 13.0. The molecule has 1 nitrogen and oxygen atoms in total. The number of ether oxygens (including phenoxy) is 1. The molecule has 0 fully saturated rings. The molecule has 0 saturated heterocycles. The second kappa shape index (κ2) is 6.26. The molecule has 14 heteroatoms. The molecule has 0 aromatic heterocycles. The van der Waals surface area contributed by atoms with Crippen molar-refractivity contribution < 1.29 is 61.8 Å². The van der Waals surface area contributed by atoms with Crippen molar-refractivity contribution in [2.75, 3.05) is 13.7 Å². The van der Waals surface area contributed by atoms with Gasteiger partial charge in [0.2, 0.25) is 0 Å². The molecule has 0 rings (SSSR count). The van der Waals surface area contributed by atoms with Crippen LogP contribution in [0.2, 0.25) is 0 Å². The highest BCUT2D eigenvalue weighted by Crippen LogP contribution is 2.60. The van der Waals surface area contributed by atoms with Gasteiger partial charge in [0.15, 0.2) is 0 Å². The molecular formula is C10H7F13O. The van der Waals surface area contributed by atoms with Crippen LogP contribution in [0.15, 0.2) is 12.2 Å². The molecule has 144 valence electrons. The highest BCUT2D eigenvalue weighted by Gasteiger charge is 2.90. The first-order chi connectivity index (χ1) is 10.3. The molecule has 0 bridgehead atoms. The molecule has 0 saturated carbocycles. The molecule has 0 atom stereocenters. The fourth-order valence-corrected chi connectivity index (χ4v) is 1.18. The Kier molecular flexibility index (Phi) is 5.94. The van der Waals surface area contributed by atoms with E-state index in [0.29, 0.717) is 0 Å². The summed E-state index contributed by atoms with van der Waals surface area (Å²) in [6.07, 6.45) is -8.53. The number of halogens is 13. The minimum atomic E-state index is -7.87. The van der Waals surface area contributed by atoms with Crippen LogP contribution in [0, 0.1) is 0 Å². The summed E-state index contributed by atoms with van der Waals surface area (Å²) < 4.78 is 168. The van der Waals surface area contributed by atoms with Gasteiger partial charge in [-0.05, 0) is 6.08 Å². The molecule has 0 aromatic carbocycles. The number of methoxy groups -OCH3 is 1. The molecule has 0 N–H and O–H groups in total. The zero-order chi connectivity index (χ0) is 19.8. The zero-order valence-electron chi connectivity index (χ0n) is 11.2. The Morgan fingerprint density at radius 3 is 1.33 bits per heavy atom. The molecule has 0 amide bonds. The molecule has 0 aliphatic heterocycles. The fourth-order valence-electron chi connectivity index (χ4n) is 1.18. The van der Waals surface area contributed by atoms with Crippen molar-refractivity contribution in [1.29, 1.82) is 0 Å². The molecule has 0 spiro atoms. The number of hydrogen-bond donors (Lipinski definition) is 0. The van der Waals surface area contributed by atoms with Crippen LogP contribution in [0.25, 0.3) is 0 Å². The summed E-state index contributed by atoms with van der Waals surface area (Å²) in [7, 11) is 0.827. The minimum Gasteiger partial charge on any atom is -0.381 e. The normalized spacial score (nSPS) is 16.1. The van der Waals surface area contributed by atoms with E-state index in [9.17, 15) is 57.1 Å². The Hall–Kier alpha value is -1.21. The minimum absolute atomic E-state index is 0.0516. The standard InChI is InChI=1S/C10H7F13O/c1-24-4-2-3-5(11,12)6(13,14)7(15,16)8(17,18)9(19,20)10(21,22)23/h2-3H,4H2,1H3/b3-2+. The summed E-state index contributed by atoms with van der Waals surface area (Å²) in [5.41, 5.74) is 0. The Morgan fingerprint density at radius 1 is 0.625 bits per heavy atom. The lowest BCUT2D eigenvalue weighted by molar-refractivity contribution is -0.436. The quantitative estimate of drug-likeness (QED) is 0.443. The summed E-state index contributed by atoms with van der Waals surface area (Å²) in [6.45, 7) is -0.896. The van der Waals surface area contributed by atoms with Gasteiger partial charge in [0, 0.05) is 7.11 Å². The number of rotatable bonds is 7. The first-order valence-corrected chi connectivity index (χ1v) is 5.43. The van der Waals surface area contributed by atoms with Crippen LogP contribution in [0.4, 0.5) is 57.1 Å². The Balaban J connectivity index is 6.11. The Bertz CT molecular complexity index is 462. The van der Waals surface area contributed by atoms with Crippen LogP contribution in [-0.4, -0.2) is 49.5 Å². The average molecular weight is 390 g/mol. The first kappa shape index (κ1) is 22.8. The molecular weight excluding hydrogens is 383 g/mol. The molecule has 24 heavy (non-hydrogen) atoms. The van der Waals surface area contributed by atoms with Crippen LogP contribution in [0.5, 0.6) is 0 Å². The lowest BCUT2D eigenvalue weighted by atomic mass is 9.94. The average Bonchev–Trinajstić information content (AvgIpc) is 2.36. The van der Waals surface area contributed by atoms with Gasteiger partial charge in [-0.3, -0.25) is 0 Å². The van der Waals surface area contributed by atoms with Gasteiger partial charge >= 0.3 is 35.8 Å². The summed E-state index contributed by atoms with van der Waals surface area (Å²) in [6, 6.07) is 0. The SMILES string of the molecule is COC/C=C/C(F)(F)C(F)(F)C(F)(F)C(F)(F)C(F)(F)C(F)(F)F. The van der Waals surface area contributed by atoms with E-state index in [-0.39, 0.29) is 6.08 Å². The van der Waals surface area contributed by atoms with Crippen molar-refractivity contribution in [3.8, 4) is 0 Å². The molecule has 0 aliphatic rings. The van der Waals surface area contributed by atoms with Crippen molar-refractivity contribution >= 4 is 0 Å². The monoisotopic (exact) mass is 390 g/mol. The smallest absolute Gasteiger partial charge is 0.381 e. The van der Waals surface area contributed by atoms with Crippen LogP contribution in [0.3, 0.4) is 0 Å². The van der Waals surface area contributed by atoms with Gasteiger partial charge in [-0.25, -0.2) is 0 Å². The van der Waals surface area contributed by atoms with Crippen molar-refractivity contribution in [3.63, 3.8) is 0 Å². The largest absolute Gasteiger partial charge is 0.460 e. The number of hydrogen-bond acceptors (Lipinski definition) is 1. The molecule has 0 radical (unpaired) electrons. The molecule has 0 heterocycles. The van der Waals surface area contributed by atoms with Crippen molar-refractivity contribution in [1.82, 2.24) is 0 Å². The summed E-state index contributed by atoms with van der Waals surface area (Å²) in [5, 5.41) is 0. The lowest BCUT2D eigenvalue weighted by Crippen LogP contribution is -2.69. The van der Waals surface area contributed by atoms with Gasteiger partial charge in [0.05, 0.1) is 6.61 Å². The predicted molar refractivity (Wildman–Crippen MR) is 51.8 cm³/mol. The summed E-state index contributed by atoms with van der Waals surface area (Å²) in [4.78, 5) is 0. The third-order valence-corrected chi connectivity index (χ3v) is 2.55.